The third-order valence-electron chi connectivity index (χ3n) is 6.12. The molecule has 0 unspecified atom stereocenters. The summed E-state index contributed by atoms with van der Waals surface area (Å²) in [6, 6.07) is 16.9. The number of nitro groups is 1. The number of nitrogens with one attached hydrogen (secondary N) is 2. The van der Waals surface area contributed by atoms with Crippen LogP contribution in [-0.2, 0) is 4.79 Å². The molecule has 30 heavy (non-hydrogen) atoms. The van der Waals surface area contributed by atoms with E-state index >= 15 is 0 Å². The molecule has 2 aromatic carbocycles. The van der Waals surface area contributed by atoms with E-state index in [1.165, 1.54) is 10.5 Å². The quantitative estimate of drug-likeness (QED) is 0.514. The van der Waals surface area contributed by atoms with Crippen molar-refractivity contribution in [2.45, 2.75) is 32.2 Å². The Labute approximate surface area is 177 Å². The Balaban J connectivity index is 1.48. The Morgan fingerprint density at radius 1 is 1.13 bits per heavy atom. The first-order chi connectivity index (χ1) is 14.5. The van der Waals surface area contributed by atoms with Crippen molar-refractivity contribution in [2.75, 3.05) is 37.6 Å². The second-order valence-electron chi connectivity index (χ2n) is 7.90. The van der Waals surface area contributed by atoms with E-state index < -0.39 is 0 Å². The van der Waals surface area contributed by atoms with Crippen molar-refractivity contribution in [3.05, 3.63) is 70.3 Å². The number of hydrogen-bond acceptors (Lipinski definition) is 4. The number of nitro benzene ring substituents is 1. The molecular formula is C23H31N4O3+. The van der Waals surface area contributed by atoms with Crippen LogP contribution in [0.4, 0.5) is 11.4 Å². The summed E-state index contributed by atoms with van der Waals surface area (Å²) in [6.07, 6.45) is 0.986. The fourth-order valence-corrected chi connectivity index (χ4v) is 4.06. The first kappa shape index (κ1) is 21.8. The summed E-state index contributed by atoms with van der Waals surface area (Å²) >= 11 is 0. The molecule has 1 amide bonds. The van der Waals surface area contributed by atoms with E-state index in [9.17, 15) is 14.9 Å². The predicted molar refractivity (Wildman–Crippen MR) is 118 cm³/mol. The molecule has 1 saturated heterocycles. The van der Waals surface area contributed by atoms with Gasteiger partial charge in [0.2, 0.25) is 0 Å². The van der Waals surface area contributed by atoms with Crippen molar-refractivity contribution < 1.29 is 14.6 Å². The molecule has 0 aromatic heterocycles. The fraction of sp³-hybridized carbons (Fsp3) is 0.435. The van der Waals surface area contributed by atoms with E-state index in [4.69, 9.17) is 0 Å². The smallest absolute Gasteiger partial charge is 0.278 e. The van der Waals surface area contributed by atoms with Gasteiger partial charge in [0.25, 0.3) is 11.6 Å². The lowest BCUT2D eigenvalue weighted by atomic mass is 9.96. The minimum absolute atomic E-state index is 0.0997. The van der Waals surface area contributed by atoms with Gasteiger partial charge in [-0.2, -0.15) is 0 Å². The summed E-state index contributed by atoms with van der Waals surface area (Å²) < 4.78 is 0. The average Bonchev–Trinajstić information content (AvgIpc) is 2.79. The molecule has 2 N–H and O–H groups in total. The zero-order chi connectivity index (χ0) is 21.5. The number of benzene rings is 2. The van der Waals surface area contributed by atoms with E-state index in [1.807, 2.05) is 25.1 Å². The molecule has 160 valence electrons. The predicted octanol–water partition coefficient (Wildman–Crippen LogP) is 2.00. The Bertz CT molecular complexity index is 833. The minimum Gasteiger partial charge on any atom is -0.360 e. The van der Waals surface area contributed by atoms with Crippen LogP contribution in [-0.4, -0.2) is 49.6 Å². The molecule has 0 radical (unpaired) electrons. The zero-order valence-corrected chi connectivity index (χ0v) is 17.7. The molecule has 0 bridgehead atoms. The maximum atomic E-state index is 12.7. The molecule has 1 aliphatic rings. The first-order valence-corrected chi connectivity index (χ1v) is 10.7. The molecular weight excluding hydrogens is 380 g/mol. The Hall–Kier alpha value is -2.93. The van der Waals surface area contributed by atoms with Gasteiger partial charge in [-0.3, -0.25) is 14.9 Å². The number of rotatable bonds is 8. The lowest BCUT2D eigenvalue weighted by molar-refractivity contribution is -0.914. The topological polar surface area (TPSA) is 79.9 Å². The van der Waals surface area contributed by atoms with Gasteiger partial charge >= 0.3 is 0 Å². The number of quaternary nitrogens is 1. The van der Waals surface area contributed by atoms with Gasteiger partial charge in [-0.15, -0.1) is 0 Å². The average molecular weight is 412 g/mol. The molecule has 1 aliphatic heterocycles. The van der Waals surface area contributed by atoms with Crippen LogP contribution in [0.1, 0.15) is 31.7 Å². The summed E-state index contributed by atoms with van der Waals surface area (Å²) in [6.45, 7) is 8.18. The molecule has 3 rings (SSSR count). The molecule has 1 heterocycles. The molecule has 7 nitrogen and oxygen atoms in total. The Morgan fingerprint density at radius 3 is 2.33 bits per heavy atom. The SMILES string of the molecule is CC[C@@H](CNC(=O)[C@@H](C)[NH+]1CCN(c2ccc([N+](=O)[O-])cc2)CC1)c1ccccc1. The third-order valence-corrected chi connectivity index (χ3v) is 6.12. The molecule has 2 atom stereocenters. The van der Waals surface area contributed by atoms with Gasteiger partial charge < -0.3 is 15.1 Å². The number of anilines is 1. The van der Waals surface area contributed by atoms with Gasteiger partial charge in [-0.25, -0.2) is 0 Å². The van der Waals surface area contributed by atoms with Gasteiger partial charge in [0.1, 0.15) is 0 Å². The van der Waals surface area contributed by atoms with E-state index in [2.05, 4.69) is 29.3 Å². The second kappa shape index (κ2) is 10.2. The molecule has 1 fully saturated rings. The van der Waals surface area contributed by atoms with Crippen LogP contribution >= 0.6 is 0 Å². The van der Waals surface area contributed by atoms with Crippen molar-refractivity contribution in [3.8, 4) is 0 Å². The number of carbonyl (C=O) groups is 1. The summed E-state index contributed by atoms with van der Waals surface area (Å²) in [5.74, 6) is 0.430. The highest BCUT2D eigenvalue weighted by atomic mass is 16.6. The van der Waals surface area contributed by atoms with Gasteiger partial charge in [-0.05, 0) is 31.0 Å². The monoisotopic (exact) mass is 411 g/mol. The van der Waals surface area contributed by atoms with E-state index in [-0.39, 0.29) is 22.6 Å². The van der Waals surface area contributed by atoms with E-state index in [1.54, 1.807) is 24.3 Å². The van der Waals surface area contributed by atoms with Crippen molar-refractivity contribution in [1.29, 1.82) is 0 Å². The van der Waals surface area contributed by atoms with Gasteiger partial charge in [-0.1, -0.05) is 37.3 Å². The summed E-state index contributed by atoms with van der Waals surface area (Å²) in [5.41, 5.74) is 2.36. The molecule has 0 aliphatic carbocycles. The van der Waals surface area contributed by atoms with Crippen molar-refractivity contribution >= 4 is 17.3 Å². The van der Waals surface area contributed by atoms with Crippen LogP contribution in [0.5, 0.6) is 0 Å². The van der Waals surface area contributed by atoms with E-state index in [0.29, 0.717) is 12.5 Å². The Morgan fingerprint density at radius 2 is 1.77 bits per heavy atom. The number of non-ortho nitro benzene ring substituents is 1. The number of nitrogens with zero attached hydrogens (tertiary/aromatic N) is 2. The van der Waals surface area contributed by atoms with Crippen molar-refractivity contribution in [2.24, 2.45) is 0 Å². The van der Waals surface area contributed by atoms with Crippen molar-refractivity contribution in [1.82, 2.24) is 5.32 Å². The summed E-state index contributed by atoms with van der Waals surface area (Å²) in [7, 11) is 0. The number of piperazine rings is 1. The van der Waals surface area contributed by atoms with Crippen LogP contribution in [0, 0.1) is 10.1 Å². The number of carbonyl (C=O) groups excluding carboxylic acids is 1. The van der Waals surface area contributed by atoms with Crippen LogP contribution in [0.2, 0.25) is 0 Å². The lowest BCUT2D eigenvalue weighted by Crippen LogP contribution is -3.19. The molecule has 0 saturated carbocycles. The van der Waals surface area contributed by atoms with E-state index in [0.717, 1.165) is 38.3 Å². The van der Waals surface area contributed by atoms with Gasteiger partial charge in [0.05, 0.1) is 31.1 Å². The van der Waals surface area contributed by atoms with Crippen LogP contribution in [0.15, 0.2) is 54.6 Å². The van der Waals surface area contributed by atoms with Crippen LogP contribution < -0.4 is 15.1 Å². The number of hydrogen-bond donors (Lipinski definition) is 2. The molecule has 2 aromatic rings. The Kier molecular flexibility index (Phi) is 7.41. The van der Waals surface area contributed by atoms with Crippen molar-refractivity contribution in [3.63, 3.8) is 0 Å². The fourth-order valence-electron chi connectivity index (χ4n) is 4.06. The minimum atomic E-state index is -0.382. The highest BCUT2D eigenvalue weighted by Crippen LogP contribution is 2.19. The summed E-state index contributed by atoms with van der Waals surface area (Å²) in [4.78, 5) is 26.7. The molecule has 7 heteroatoms. The van der Waals surface area contributed by atoms with Crippen LogP contribution in [0.25, 0.3) is 0 Å². The molecule has 0 spiro atoms. The largest absolute Gasteiger partial charge is 0.360 e. The number of amides is 1. The van der Waals surface area contributed by atoms with Crippen LogP contribution in [0.3, 0.4) is 0 Å². The van der Waals surface area contributed by atoms with Gasteiger partial charge in [0.15, 0.2) is 6.04 Å². The summed E-state index contributed by atoms with van der Waals surface area (Å²) in [5, 5.41) is 14.0. The second-order valence-corrected chi connectivity index (χ2v) is 7.90. The maximum absolute atomic E-state index is 12.7. The lowest BCUT2D eigenvalue weighted by Gasteiger charge is -2.36. The first-order valence-electron chi connectivity index (χ1n) is 10.7. The maximum Gasteiger partial charge on any atom is 0.278 e. The standard InChI is InChI=1S/C23H30N4O3/c1-3-19(20-7-5-4-6-8-20)17-24-23(28)18(2)25-13-15-26(16-14-25)21-9-11-22(12-10-21)27(29)30/h4-12,18-19H,3,13-17H2,1-2H3,(H,24,28)/p+1/t18-,19+/m1/s1. The highest BCUT2D eigenvalue weighted by Gasteiger charge is 2.29. The zero-order valence-electron chi connectivity index (χ0n) is 17.7. The highest BCUT2D eigenvalue weighted by molar-refractivity contribution is 5.80. The normalized spacial score (nSPS) is 16.7. The third kappa shape index (κ3) is 5.36. The van der Waals surface area contributed by atoms with Gasteiger partial charge in [0, 0.05) is 30.3 Å².